The molecule has 0 amide bonds. The van der Waals surface area contributed by atoms with Crippen LogP contribution >= 0.6 is 0 Å². The maximum atomic E-state index is 9.02. The minimum atomic E-state index is 0.256. The van der Waals surface area contributed by atoms with E-state index in [0.29, 0.717) is 18.6 Å². The molecule has 2 N–H and O–H groups in total. The minimum Gasteiger partial charge on any atom is -0.396 e. The fraction of sp³-hybridized carbons (Fsp3) is 0.647. The highest BCUT2D eigenvalue weighted by atomic mass is 16.2. The van der Waals surface area contributed by atoms with Gasteiger partial charge in [-0.15, -0.1) is 0 Å². The summed E-state index contributed by atoms with van der Waals surface area (Å²) in [5.41, 5.74) is 8.07. The van der Waals surface area contributed by atoms with Gasteiger partial charge < -0.3 is 10.4 Å². The third-order valence-electron chi connectivity index (χ3n) is 9.32. The van der Waals surface area contributed by atoms with E-state index in [1.165, 1.54) is 68.9 Å². The highest BCUT2D eigenvalue weighted by molar-refractivity contribution is 5.71. The monoisotopic (exact) mass is 489 g/mol. The van der Waals surface area contributed by atoms with Crippen molar-refractivity contribution in [1.82, 2.24) is 5.32 Å². The molecule has 36 heavy (non-hydrogen) atoms. The van der Waals surface area contributed by atoms with Gasteiger partial charge in [-0.25, -0.2) is 0 Å². The summed E-state index contributed by atoms with van der Waals surface area (Å²) in [5, 5.41) is 12.8. The molecule has 2 atom stereocenters. The molecule has 0 radical (unpaired) electrons. The van der Waals surface area contributed by atoms with Crippen LogP contribution in [0.2, 0.25) is 0 Å². The number of benzene rings is 1. The molecule has 0 heterocycles. The molecule has 0 spiro atoms. The van der Waals surface area contributed by atoms with Crippen molar-refractivity contribution in [2.45, 2.75) is 122 Å². The van der Waals surface area contributed by atoms with Gasteiger partial charge in [-0.1, -0.05) is 89.5 Å². The Hall–Kier alpha value is -1.64. The number of allylic oxidation sites excluding steroid dienone is 6. The molecule has 1 aromatic rings. The second-order valence-electron chi connectivity index (χ2n) is 13.0. The summed E-state index contributed by atoms with van der Waals surface area (Å²) in [4.78, 5) is 0. The van der Waals surface area contributed by atoms with Crippen molar-refractivity contribution in [1.29, 1.82) is 0 Å². The van der Waals surface area contributed by atoms with Gasteiger partial charge in [-0.3, -0.25) is 0 Å². The van der Waals surface area contributed by atoms with E-state index in [9.17, 15) is 0 Å². The van der Waals surface area contributed by atoms with E-state index >= 15 is 0 Å². The number of nitrogens with one attached hydrogen (secondary N) is 1. The predicted octanol–water partition coefficient (Wildman–Crippen LogP) is 8.40. The largest absolute Gasteiger partial charge is 0.396 e. The quantitative estimate of drug-likeness (QED) is 0.377. The molecular weight excluding hydrogens is 438 g/mol. The van der Waals surface area contributed by atoms with E-state index in [1.54, 1.807) is 16.7 Å². The van der Waals surface area contributed by atoms with Crippen LogP contribution in [0, 0.1) is 5.92 Å². The van der Waals surface area contributed by atoms with Crippen LogP contribution in [0.3, 0.4) is 0 Å². The Morgan fingerprint density at radius 1 is 0.889 bits per heavy atom. The van der Waals surface area contributed by atoms with Crippen LogP contribution in [-0.2, 0) is 10.8 Å². The summed E-state index contributed by atoms with van der Waals surface area (Å²) in [6.07, 6.45) is 24.4. The lowest BCUT2D eigenvalue weighted by atomic mass is 9.63. The predicted molar refractivity (Wildman–Crippen MR) is 155 cm³/mol. The molecule has 0 bridgehead atoms. The fourth-order valence-electron chi connectivity index (χ4n) is 6.71. The van der Waals surface area contributed by atoms with E-state index < -0.39 is 0 Å². The highest BCUT2D eigenvalue weighted by Crippen LogP contribution is 2.46. The summed E-state index contributed by atoms with van der Waals surface area (Å²) < 4.78 is 0. The standard InChI is InChI=1S/C34H51NO/c1-33(2)21-22-34(3,4)32-25-29(19-20-31(32)33)28-13-9-12-27(17-18-28)26-11-5-6-15-30(16-10-14-26)35-23-7-8-24-36/h9,12-13,17,19-20,25-26,30,35-36H,5-8,10-11,14-16,18,21-24H2,1-4H3. The fourth-order valence-corrected chi connectivity index (χ4v) is 6.71. The lowest BCUT2D eigenvalue weighted by Crippen LogP contribution is -2.33. The Morgan fingerprint density at radius 2 is 1.61 bits per heavy atom. The smallest absolute Gasteiger partial charge is 0.0431 e. The Labute approximate surface area is 221 Å². The SMILES string of the molecule is CC1(C)CCC(C)(C)c2cc(C3=CC=CC(C4CCCCC(NCCCCO)CCC4)=CC3)ccc21. The van der Waals surface area contributed by atoms with Crippen LogP contribution in [0.15, 0.2) is 48.1 Å². The lowest BCUT2D eigenvalue weighted by Gasteiger charge is -2.42. The van der Waals surface area contributed by atoms with Gasteiger partial charge in [-0.05, 0) is 109 Å². The van der Waals surface area contributed by atoms with E-state index in [2.05, 4.69) is 75.5 Å². The average Bonchev–Trinajstić information content (AvgIpc) is 3.04. The maximum absolute atomic E-state index is 9.02. The first kappa shape index (κ1) is 27.4. The molecule has 198 valence electrons. The average molecular weight is 490 g/mol. The van der Waals surface area contributed by atoms with E-state index in [0.717, 1.165) is 25.8 Å². The molecule has 1 fully saturated rings. The van der Waals surface area contributed by atoms with Crippen molar-refractivity contribution in [3.63, 3.8) is 0 Å². The minimum absolute atomic E-state index is 0.256. The number of rotatable bonds is 7. The van der Waals surface area contributed by atoms with Crippen LogP contribution in [0.25, 0.3) is 5.57 Å². The topological polar surface area (TPSA) is 32.3 Å². The molecule has 0 aliphatic heterocycles. The van der Waals surface area contributed by atoms with Crippen LogP contribution in [-0.4, -0.2) is 24.3 Å². The van der Waals surface area contributed by atoms with Gasteiger partial charge in [-0.2, -0.15) is 0 Å². The Morgan fingerprint density at radius 3 is 2.42 bits per heavy atom. The number of hydrogen-bond donors (Lipinski definition) is 2. The first-order valence-electron chi connectivity index (χ1n) is 14.9. The molecule has 3 aliphatic carbocycles. The van der Waals surface area contributed by atoms with Crippen molar-refractivity contribution in [2.24, 2.45) is 5.92 Å². The normalized spacial score (nSPS) is 26.0. The Bertz CT molecular complexity index is 963. The van der Waals surface area contributed by atoms with Gasteiger partial charge in [0.25, 0.3) is 0 Å². The van der Waals surface area contributed by atoms with E-state index in [-0.39, 0.29) is 10.8 Å². The number of fused-ring (bicyclic) bond motifs is 1. The first-order valence-corrected chi connectivity index (χ1v) is 14.9. The number of aliphatic hydroxyl groups is 1. The second-order valence-corrected chi connectivity index (χ2v) is 13.0. The van der Waals surface area contributed by atoms with Crippen molar-refractivity contribution < 1.29 is 5.11 Å². The van der Waals surface area contributed by atoms with Gasteiger partial charge in [0, 0.05) is 12.6 Å². The van der Waals surface area contributed by atoms with Gasteiger partial charge in [0.15, 0.2) is 0 Å². The second kappa shape index (κ2) is 12.3. The van der Waals surface area contributed by atoms with E-state index in [1.807, 2.05) is 0 Å². The van der Waals surface area contributed by atoms with E-state index in [4.69, 9.17) is 5.11 Å². The summed E-state index contributed by atoms with van der Waals surface area (Å²) in [5.74, 6) is 0.699. The molecule has 0 aromatic heterocycles. The summed E-state index contributed by atoms with van der Waals surface area (Å²) >= 11 is 0. The molecular formula is C34H51NO. The van der Waals surface area contributed by atoms with Crippen molar-refractivity contribution in [2.75, 3.05) is 13.2 Å². The first-order chi connectivity index (χ1) is 17.3. The highest BCUT2D eigenvalue weighted by Gasteiger charge is 2.37. The zero-order chi connectivity index (χ0) is 25.6. The number of unbranched alkanes of at least 4 members (excludes halogenated alkanes) is 1. The van der Waals surface area contributed by atoms with Gasteiger partial charge in [0.05, 0.1) is 0 Å². The molecule has 0 saturated heterocycles. The zero-order valence-corrected chi connectivity index (χ0v) is 23.5. The van der Waals surface area contributed by atoms with Gasteiger partial charge in [0.2, 0.25) is 0 Å². The summed E-state index contributed by atoms with van der Waals surface area (Å²) in [7, 11) is 0. The van der Waals surface area contributed by atoms with Crippen molar-refractivity contribution in [3.8, 4) is 0 Å². The molecule has 4 rings (SSSR count). The summed E-state index contributed by atoms with van der Waals surface area (Å²) in [6.45, 7) is 11.0. The molecule has 1 aromatic carbocycles. The van der Waals surface area contributed by atoms with Crippen molar-refractivity contribution in [3.05, 3.63) is 64.8 Å². The molecule has 2 heteroatoms. The third-order valence-corrected chi connectivity index (χ3v) is 9.32. The molecule has 2 unspecified atom stereocenters. The Kier molecular flexibility index (Phi) is 9.34. The van der Waals surface area contributed by atoms with Crippen LogP contribution in [0.5, 0.6) is 0 Å². The van der Waals surface area contributed by atoms with Gasteiger partial charge >= 0.3 is 0 Å². The number of hydrogen-bond acceptors (Lipinski definition) is 2. The number of aliphatic hydroxyl groups excluding tert-OH is 1. The van der Waals surface area contributed by atoms with Crippen LogP contribution < -0.4 is 5.32 Å². The van der Waals surface area contributed by atoms with Crippen LogP contribution in [0.1, 0.15) is 121 Å². The lowest BCUT2D eigenvalue weighted by molar-refractivity contribution is 0.281. The van der Waals surface area contributed by atoms with Crippen LogP contribution in [0.4, 0.5) is 0 Å². The molecule has 3 aliphatic rings. The maximum Gasteiger partial charge on any atom is 0.0431 e. The van der Waals surface area contributed by atoms with Crippen molar-refractivity contribution >= 4 is 5.57 Å². The molecule has 2 nitrogen and oxygen atoms in total. The van der Waals surface area contributed by atoms with Gasteiger partial charge in [0.1, 0.15) is 0 Å². The third kappa shape index (κ3) is 6.81. The Balaban J connectivity index is 1.40. The summed E-state index contributed by atoms with van der Waals surface area (Å²) in [6, 6.07) is 7.99. The zero-order valence-electron chi connectivity index (χ0n) is 23.5. The molecule has 1 saturated carbocycles.